The van der Waals surface area contributed by atoms with Crippen molar-refractivity contribution in [1.82, 2.24) is 19.9 Å². The molecular formula is C24H20Br4ClCuN4O4. The zero-order valence-corrected chi connectivity index (χ0v) is 27.4. The fourth-order valence-electron chi connectivity index (χ4n) is 2.79. The molecular weight excluding hydrogens is 827 g/mol. The molecule has 0 spiro atoms. The molecule has 4 rings (SSSR count). The number of halogens is 5. The van der Waals surface area contributed by atoms with Crippen molar-refractivity contribution in [3.05, 3.63) is 95.6 Å². The topological polar surface area (TPSA) is 144 Å². The van der Waals surface area contributed by atoms with Crippen molar-refractivity contribution in [2.45, 2.75) is 21.3 Å². The normalized spacial score (nSPS) is 10.3. The average Bonchev–Trinajstić information content (AvgIpc) is 2.92. The molecule has 0 N–H and O–H groups in total. The molecule has 38 heavy (non-hydrogen) atoms. The third-order valence-corrected chi connectivity index (χ3v) is 6.60. The van der Waals surface area contributed by atoms with Crippen molar-refractivity contribution in [3.63, 3.8) is 0 Å². The van der Waals surface area contributed by atoms with E-state index in [-0.39, 0.29) is 17.1 Å². The third kappa shape index (κ3) is 13.5. The molecule has 0 radical (unpaired) electrons. The predicted molar refractivity (Wildman–Crippen MR) is 145 cm³/mol. The van der Waals surface area contributed by atoms with E-state index in [9.17, 15) is 0 Å². The first-order valence-corrected chi connectivity index (χ1v) is 16.1. The maximum absolute atomic E-state index is 8.49. The van der Waals surface area contributed by atoms with Crippen LogP contribution in [-0.2, 0) is 38.4 Å². The minimum atomic E-state index is -4.94. The summed E-state index contributed by atoms with van der Waals surface area (Å²) in [5, 5.41) is 3.05. The second-order valence-corrected chi connectivity index (χ2v) is 9.97. The Morgan fingerprint density at radius 1 is 0.447 bits per heavy atom. The van der Waals surface area contributed by atoms with Gasteiger partial charge in [-0.2, -0.15) is 0 Å². The van der Waals surface area contributed by atoms with E-state index < -0.39 is 10.2 Å². The van der Waals surface area contributed by atoms with Gasteiger partial charge >= 0.3 is 17.1 Å². The fraction of sp³-hybridized carbons (Fsp3) is 0.167. The van der Waals surface area contributed by atoms with Crippen LogP contribution < -0.4 is 18.6 Å². The fourth-order valence-corrected chi connectivity index (χ4v) is 4.04. The van der Waals surface area contributed by atoms with Gasteiger partial charge in [-0.3, -0.25) is 19.9 Å². The zero-order chi connectivity index (χ0) is 27.3. The molecule has 14 heteroatoms. The number of alkyl halides is 4. The summed E-state index contributed by atoms with van der Waals surface area (Å²) in [5.74, 6) is 0. The molecule has 0 amide bonds. The monoisotopic (exact) mass is 842 g/mol. The first-order valence-electron chi connectivity index (χ1n) is 10.4. The minimum Gasteiger partial charge on any atom is -0.250 e. The van der Waals surface area contributed by atoms with Gasteiger partial charge in [0.25, 0.3) is 0 Å². The number of nitrogens with zero attached hydrogens (tertiary/aromatic N) is 4. The van der Waals surface area contributed by atoms with Crippen molar-refractivity contribution in [3.8, 4) is 22.8 Å². The summed E-state index contributed by atoms with van der Waals surface area (Å²) in [6, 6.07) is 23.9. The second-order valence-electron chi connectivity index (χ2n) is 6.97. The van der Waals surface area contributed by atoms with E-state index in [2.05, 4.69) is 83.7 Å². The average molecular weight is 847 g/mol. The maximum atomic E-state index is 8.49. The van der Waals surface area contributed by atoms with Gasteiger partial charge in [0, 0.05) is 21.3 Å². The summed E-state index contributed by atoms with van der Waals surface area (Å²) < 4.78 is 34.0. The van der Waals surface area contributed by atoms with Gasteiger partial charge in [-0.1, -0.05) is 88.0 Å². The number of pyridine rings is 4. The molecule has 0 aromatic carbocycles. The van der Waals surface area contributed by atoms with E-state index in [0.29, 0.717) is 0 Å². The van der Waals surface area contributed by atoms with Gasteiger partial charge in [-0.15, -0.1) is 10.2 Å². The van der Waals surface area contributed by atoms with Crippen LogP contribution in [0.1, 0.15) is 22.8 Å². The molecule has 0 bridgehead atoms. The summed E-state index contributed by atoms with van der Waals surface area (Å²) in [6.45, 7) is 0. The summed E-state index contributed by atoms with van der Waals surface area (Å²) in [6.07, 6.45) is 0. The Morgan fingerprint density at radius 3 is 0.789 bits per heavy atom. The van der Waals surface area contributed by atoms with Crippen LogP contribution in [0.5, 0.6) is 0 Å². The Labute approximate surface area is 267 Å². The Morgan fingerprint density at radius 2 is 0.632 bits per heavy atom. The summed E-state index contributed by atoms with van der Waals surface area (Å²) in [5.41, 5.74) is 7.73. The largest absolute Gasteiger partial charge is 1.00 e. The first-order chi connectivity index (χ1) is 17.7. The molecule has 206 valence electrons. The van der Waals surface area contributed by atoms with Crippen LogP contribution >= 0.6 is 63.7 Å². The van der Waals surface area contributed by atoms with Crippen molar-refractivity contribution >= 4 is 63.7 Å². The third-order valence-electron chi connectivity index (χ3n) is 4.30. The van der Waals surface area contributed by atoms with Gasteiger partial charge < -0.3 is 0 Å². The van der Waals surface area contributed by atoms with Crippen molar-refractivity contribution in [2.75, 3.05) is 0 Å². The van der Waals surface area contributed by atoms with Crippen molar-refractivity contribution in [2.24, 2.45) is 0 Å². The quantitative estimate of drug-likeness (QED) is 0.213. The van der Waals surface area contributed by atoms with Crippen molar-refractivity contribution in [1.29, 1.82) is 0 Å². The van der Waals surface area contributed by atoms with E-state index in [1.165, 1.54) is 0 Å². The molecule has 4 heterocycles. The second kappa shape index (κ2) is 18.5. The van der Waals surface area contributed by atoms with Gasteiger partial charge in [0.05, 0.1) is 45.6 Å². The Kier molecular flexibility index (Phi) is 17.1. The van der Waals surface area contributed by atoms with Crippen LogP contribution in [0.3, 0.4) is 0 Å². The predicted octanol–water partition coefficient (Wildman–Crippen LogP) is 3.11. The van der Waals surface area contributed by atoms with Crippen LogP contribution in [0.25, 0.3) is 22.8 Å². The molecule has 0 saturated heterocycles. The minimum absolute atomic E-state index is 0. The molecule has 0 saturated carbocycles. The number of rotatable bonds is 6. The Bertz CT molecular complexity index is 1080. The first kappa shape index (κ1) is 35.2. The Hall–Kier alpha value is -0.831. The molecule has 8 nitrogen and oxygen atoms in total. The van der Waals surface area contributed by atoms with Gasteiger partial charge in [0.1, 0.15) is 0 Å². The summed E-state index contributed by atoms with van der Waals surface area (Å²) in [7, 11) is -4.94. The van der Waals surface area contributed by atoms with Gasteiger partial charge in [0.2, 0.25) is 0 Å². The van der Waals surface area contributed by atoms with Gasteiger partial charge in [-0.05, 0) is 48.5 Å². The molecule has 0 aliphatic carbocycles. The van der Waals surface area contributed by atoms with Crippen LogP contribution in [0.4, 0.5) is 0 Å². The summed E-state index contributed by atoms with van der Waals surface area (Å²) in [4.78, 5) is 18.0. The zero-order valence-electron chi connectivity index (χ0n) is 19.4. The van der Waals surface area contributed by atoms with E-state index in [0.717, 1.165) is 66.9 Å². The van der Waals surface area contributed by atoms with E-state index in [4.69, 9.17) is 18.6 Å². The van der Waals surface area contributed by atoms with Gasteiger partial charge in [0.15, 0.2) is 0 Å². The van der Waals surface area contributed by atoms with E-state index in [1.807, 2.05) is 72.8 Å². The summed E-state index contributed by atoms with van der Waals surface area (Å²) >= 11 is 13.6. The molecule has 4 aromatic rings. The molecule has 0 unspecified atom stereocenters. The Balaban J connectivity index is 0.000000317. The van der Waals surface area contributed by atoms with Crippen LogP contribution in [0, 0.1) is 10.2 Å². The number of hydrogen-bond donors (Lipinski definition) is 0. The van der Waals surface area contributed by atoms with Crippen LogP contribution in [0.15, 0.2) is 72.8 Å². The number of hydrogen-bond acceptors (Lipinski definition) is 8. The molecule has 4 aromatic heterocycles. The standard InChI is InChI=1S/2C12H10Br2N2.ClHO4.Cu/c2*13-7-9-3-1-5-11(15-9)12-6-2-4-10(8-14)16-12;2-1(3,4)5;/h2*1-6H,7-8H2;(H,2,3,4,5);/q;;;+1/p-1. The molecule has 0 fully saturated rings. The van der Waals surface area contributed by atoms with Crippen molar-refractivity contribution < 1.29 is 45.9 Å². The van der Waals surface area contributed by atoms with Crippen LogP contribution in [0.2, 0.25) is 0 Å². The van der Waals surface area contributed by atoms with Gasteiger partial charge in [-0.25, -0.2) is 18.6 Å². The number of aromatic nitrogens is 4. The SMILES string of the molecule is BrCc1cccc(-c2cccc(CBr)n2)n1.BrCc1cccc(-c2cccc(CBr)n2)n1.[Cu+].[O-][Cl+3]([O-])([O-])[O-]. The van der Waals surface area contributed by atoms with E-state index in [1.54, 1.807) is 0 Å². The van der Waals surface area contributed by atoms with Crippen LogP contribution in [-0.4, -0.2) is 19.9 Å². The molecule has 0 atom stereocenters. The molecule has 0 aliphatic heterocycles. The smallest absolute Gasteiger partial charge is 0.250 e. The molecule has 0 aliphatic rings. The maximum Gasteiger partial charge on any atom is 1.00 e. The van der Waals surface area contributed by atoms with E-state index >= 15 is 0 Å².